The maximum Gasteiger partial charge on any atom is 0.302 e. The number of carbonyl (C=O) groups is 1. The number of hydrogen-bond acceptors (Lipinski definition) is 3. The largest absolute Gasteiger partial charge is 0.462 e. The Hall–Kier alpha value is -1.09. The highest BCUT2D eigenvalue weighted by atomic mass is 16.5. The van der Waals surface area contributed by atoms with Crippen LogP contribution in [0.5, 0.6) is 0 Å². The SMILES string of the molecule is CC(=O)O[C@H]1CC[C@@]2(C)C(=CC[C@@H]3[C@@H]2CC[C@]2(C)C(C(C)N)=CC[C@@H]32)C1. The zero-order chi connectivity index (χ0) is 18.7. The molecule has 0 spiro atoms. The molecule has 0 bridgehead atoms. The second kappa shape index (κ2) is 6.22. The first kappa shape index (κ1) is 18.3. The molecular formula is C23H35NO2. The van der Waals surface area contributed by atoms with Gasteiger partial charge in [0.05, 0.1) is 0 Å². The molecule has 144 valence electrons. The first-order valence-corrected chi connectivity index (χ1v) is 10.6. The Morgan fingerprint density at radius 3 is 2.58 bits per heavy atom. The molecule has 2 saturated carbocycles. The van der Waals surface area contributed by atoms with Gasteiger partial charge in [0.1, 0.15) is 6.10 Å². The van der Waals surface area contributed by atoms with E-state index in [0.717, 1.165) is 37.0 Å². The summed E-state index contributed by atoms with van der Waals surface area (Å²) in [5.41, 5.74) is 10.0. The molecule has 0 amide bonds. The maximum atomic E-state index is 11.4. The van der Waals surface area contributed by atoms with Crippen LogP contribution in [0.15, 0.2) is 23.3 Å². The number of fused-ring (bicyclic) bond motifs is 5. The minimum atomic E-state index is -0.137. The maximum absolute atomic E-state index is 11.4. The third-order valence-electron chi connectivity index (χ3n) is 8.52. The molecule has 0 radical (unpaired) electrons. The molecule has 2 fully saturated rings. The number of ether oxygens (including phenoxy) is 1. The summed E-state index contributed by atoms with van der Waals surface area (Å²) in [6.07, 6.45) is 13.2. The summed E-state index contributed by atoms with van der Waals surface area (Å²) in [6.45, 7) is 8.67. The topological polar surface area (TPSA) is 52.3 Å². The number of carbonyl (C=O) groups excluding carboxylic acids is 1. The summed E-state index contributed by atoms with van der Waals surface area (Å²) in [4.78, 5) is 11.4. The Labute approximate surface area is 158 Å². The molecule has 4 aliphatic carbocycles. The van der Waals surface area contributed by atoms with Gasteiger partial charge in [-0.25, -0.2) is 0 Å². The fourth-order valence-corrected chi connectivity index (χ4v) is 7.27. The number of hydrogen-bond donors (Lipinski definition) is 1. The predicted molar refractivity (Wildman–Crippen MR) is 104 cm³/mol. The molecule has 4 rings (SSSR count). The summed E-state index contributed by atoms with van der Waals surface area (Å²) >= 11 is 0. The monoisotopic (exact) mass is 357 g/mol. The molecule has 26 heavy (non-hydrogen) atoms. The lowest BCUT2D eigenvalue weighted by atomic mass is 9.47. The molecule has 3 nitrogen and oxygen atoms in total. The van der Waals surface area contributed by atoms with Crippen molar-refractivity contribution in [2.75, 3.05) is 0 Å². The lowest BCUT2D eigenvalue weighted by Gasteiger charge is -2.58. The molecule has 0 heterocycles. The lowest BCUT2D eigenvalue weighted by Crippen LogP contribution is -2.51. The van der Waals surface area contributed by atoms with Crippen LogP contribution in [0.3, 0.4) is 0 Å². The average molecular weight is 358 g/mol. The summed E-state index contributed by atoms with van der Waals surface area (Å²) in [7, 11) is 0. The first-order valence-electron chi connectivity index (χ1n) is 10.6. The standard InChI is InChI=1S/C23H35NO2/c1-14(24)19-7-8-20-18-6-5-16-13-17(26-15(2)25)9-11-22(16,3)21(18)10-12-23(19,20)4/h5,7,14,17-18,20-21H,6,8-13,24H2,1-4H3/t14?,17-,18-,20-,21-,22-,23+/m0/s1. The van der Waals surface area contributed by atoms with E-state index in [4.69, 9.17) is 10.5 Å². The van der Waals surface area contributed by atoms with Crippen LogP contribution in [0.25, 0.3) is 0 Å². The molecule has 3 heteroatoms. The number of allylic oxidation sites excluding steroid dienone is 2. The van der Waals surface area contributed by atoms with Crippen LogP contribution in [-0.2, 0) is 9.53 Å². The van der Waals surface area contributed by atoms with Crippen LogP contribution in [0, 0.1) is 28.6 Å². The molecule has 4 aliphatic rings. The van der Waals surface area contributed by atoms with Crippen LogP contribution >= 0.6 is 0 Å². The van der Waals surface area contributed by atoms with E-state index in [2.05, 4.69) is 32.9 Å². The van der Waals surface area contributed by atoms with E-state index in [1.807, 2.05) is 0 Å². The van der Waals surface area contributed by atoms with Gasteiger partial charge in [0.15, 0.2) is 0 Å². The minimum Gasteiger partial charge on any atom is -0.462 e. The van der Waals surface area contributed by atoms with Gasteiger partial charge in [-0.15, -0.1) is 0 Å². The van der Waals surface area contributed by atoms with Crippen molar-refractivity contribution >= 4 is 5.97 Å². The van der Waals surface area contributed by atoms with Crippen LogP contribution in [0.1, 0.15) is 72.6 Å². The Bertz CT molecular complexity index is 663. The third kappa shape index (κ3) is 2.61. The number of esters is 1. The van der Waals surface area contributed by atoms with Gasteiger partial charge >= 0.3 is 5.97 Å². The van der Waals surface area contributed by atoms with E-state index in [9.17, 15) is 4.79 Å². The van der Waals surface area contributed by atoms with Gasteiger partial charge in [0, 0.05) is 19.4 Å². The van der Waals surface area contributed by atoms with E-state index in [-0.39, 0.29) is 18.1 Å². The van der Waals surface area contributed by atoms with E-state index in [1.165, 1.54) is 38.2 Å². The molecule has 0 aromatic rings. The van der Waals surface area contributed by atoms with E-state index in [1.54, 1.807) is 5.57 Å². The Morgan fingerprint density at radius 1 is 1.15 bits per heavy atom. The number of nitrogens with two attached hydrogens (primary N) is 1. The number of rotatable bonds is 2. The van der Waals surface area contributed by atoms with Gasteiger partial charge in [0.2, 0.25) is 0 Å². The molecule has 0 aromatic heterocycles. The quantitative estimate of drug-likeness (QED) is 0.572. The fraction of sp³-hybridized carbons (Fsp3) is 0.783. The van der Waals surface area contributed by atoms with Crippen LogP contribution in [-0.4, -0.2) is 18.1 Å². The van der Waals surface area contributed by atoms with Crippen molar-refractivity contribution in [3.8, 4) is 0 Å². The third-order valence-corrected chi connectivity index (χ3v) is 8.52. The van der Waals surface area contributed by atoms with Crippen LogP contribution in [0.2, 0.25) is 0 Å². The molecule has 0 saturated heterocycles. The summed E-state index contributed by atoms with van der Waals surface area (Å²) in [5.74, 6) is 2.17. The Kier molecular flexibility index (Phi) is 4.38. The fourth-order valence-electron chi connectivity index (χ4n) is 7.27. The van der Waals surface area contributed by atoms with E-state index in [0.29, 0.717) is 10.8 Å². The lowest BCUT2D eigenvalue weighted by molar-refractivity contribution is -0.148. The van der Waals surface area contributed by atoms with Crippen molar-refractivity contribution in [3.05, 3.63) is 23.3 Å². The zero-order valence-corrected chi connectivity index (χ0v) is 16.9. The van der Waals surface area contributed by atoms with E-state index >= 15 is 0 Å². The van der Waals surface area contributed by atoms with Gasteiger partial charge in [-0.1, -0.05) is 37.1 Å². The highest BCUT2D eigenvalue weighted by Crippen LogP contribution is 2.65. The zero-order valence-electron chi connectivity index (χ0n) is 16.9. The average Bonchev–Trinajstić information content (AvgIpc) is 2.92. The van der Waals surface area contributed by atoms with Crippen molar-refractivity contribution in [3.63, 3.8) is 0 Å². The Balaban J connectivity index is 1.58. The summed E-state index contributed by atoms with van der Waals surface area (Å²) < 4.78 is 5.55. The van der Waals surface area contributed by atoms with Gasteiger partial charge in [0.25, 0.3) is 0 Å². The van der Waals surface area contributed by atoms with Crippen LogP contribution in [0.4, 0.5) is 0 Å². The summed E-state index contributed by atoms with van der Waals surface area (Å²) in [6, 6.07) is 0.186. The van der Waals surface area contributed by atoms with Crippen molar-refractivity contribution in [1.82, 2.24) is 0 Å². The molecule has 0 aromatic carbocycles. The van der Waals surface area contributed by atoms with E-state index < -0.39 is 0 Å². The Morgan fingerprint density at radius 2 is 1.88 bits per heavy atom. The smallest absolute Gasteiger partial charge is 0.302 e. The molecule has 2 N–H and O–H groups in total. The molecule has 7 atom stereocenters. The van der Waals surface area contributed by atoms with Crippen molar-refractivity contribution in [1.29, 1.82) is 0 Å². The van der Waals surface area contributed by atoms with Crippen molar-refractivity contribution < 1.29 is 9.53 Å². The van der Waals surface area contributed by atoms with Gasteiger partial charge in [-0.2, -0.15) is 0 Å². The summed E-state index contributed by atoms with van der Waals surface area (Å²) in [5, 5.41) is 0. The second-order valence-electron chi connectivity index (χ2n) is 9.87. The van der Waals surface area contributed by atoms with Gasteiger partial charge < -0.3 is 10.5 Å². The van der Waals surface area contributed by atoms with Gasteiger partial charge in [-0.3, -0.25) is 4.79 Å². The first-order chi connectivity index (χ1) is 12.3. The second-order valence-corrected chi connectivity index (χ2v) is 9.87. The molecular weight excluding hydrogens is 322 g/mol. The highest BCUT2D eigenvalue weighted by molar-refractivity contribution is 5.66. The van der Waals surface area contributed by atoms with Gasteiger partial charge in [-0.05, 0) is 74.0 Å². The van der Waals surface area contributed by atoms with Crippen molar-refractivity contribution in [2.24, 2.45) is 34.3 Å². The molecule has 1 unspecified atom stereocenters. The highest BCUT2D eigenvalue weighted by Gasteiger charge is 2.57. The minimum absolute atomic E-state index is 0.0927. The predicted octanol–water partition coefficient (Wildman–Crippen LogP) is 4.76. The van der Waals surface area contributed by atoms with Crippen LogP contribution < -0.4 is 5.73 Å². The normalized spacial score (nSPS) is 45.6. The van der Waals surface area contributed by atoms with Crippen molar-refractivity contribution in [2.45, 2.75) is 84.8 Å². The molecule has 0 aliphatic heterocycles.